The van der Waals surface area contributed by atoms with Gasteiger partial charge in [0, 0.05) is 32.3 Å². The molecule has 1 aliphatic heterocycles. The first-order valence-corrected chi connectivity index (χ1v) is 8.62. The molecule has 0 bridgehead atoms. The van der Waals surface area contributed by atoms with Crippen LogP contribution in [0.2, 0.25) is 0 Å². The number of hydrogen-bond acceptors (Lipinski definition) is 4. The minimum Gasteiger partial charge on any atom is -0.496 e. The zero-order chi connectivity index (χ0) is 16.9. The molecule has 1 aromatic heterocycles. The van der Waals surface area contributed by atoms with Crippen molar-refractivity contribution in [1.29, 1.82) is 0 Å². The second kappa shape index (κ2) is 7.81. The number of aryl methyl sites for hydroxylation is 2. The van der Waals surface area contributed by atoms with Crippen molar-refractivity contribution in [3.63, 3.8) is 0 Å². The maximum atomic E-state index is 5.93. The van der Waals surface area contributed by atoms with Gasteiger partial charge in [-0.25, -0.2) is 0 Å². The van der Waals surface area contributed by atoms with Gasteiger partial charge < -0.3 is 14.8 Å². The Labute approximate surface area is 144 Å². The Hall–Kier alpha value is -1.85. The summed E-state index contributed by atoms with van der Waals surface area (Å²) in [6.45, 7) is 4.83. The number of hydrogen-bond donors (Lipinski definition) is 1. The molecular formula is C19H27N3O2. The number of aromatic nitrogens is 2. The van der Waals surface area contributed by atoms with Crippen LogP contribution in [0.1, 0.15) is 29.3 Å². The predicted octanol–water partition coefficient (Wildman–Crippen LogP) is 2.65. The minimum absolute atomic E-state index is 0.157. The largest absolute Gasteiger partial charge is 0.496 e. The van der Waals surface area contributed by atoms with Gasteiger partial charge in [0.15, 0.2) is 0 Å². The van der Waals surface area contributed by atoms with Gasteiger partial charge in [-0.1, -0.05) is 12.1 Å². The molecule has 2 atom stereocenters. The maximum absolute atomic E-state index is 5.93. The summed E-state index contributed by atoms with van der Waals surface area (Å²) in [4.78, 5) is 0. The summed E-state index contributed by atoms with van der Waals surface area (Å²) >= 11 is 0. The monoisotopic (exact) mass is 329 g/mol. The van der Waals surface area contributed by atoms with E-state index in [0.717, 1.165) is 38.3 Å². The van der Waals surface area contributed by atoms with Crippen molar-refractivity contribution >= 4 is 0 Å². The van der Waals surface area contributed by atoms with Gasteiger partial charge in [0.2, 0.25) is 0 Å². The highest BCUT2D eigenvalue weighted by Crippen LogP contribution is 2.33. The quantitative estimate of drug-likeness (QED) is 0.794. The first-order chi connectivity index (χ1) is 11.7. The van der Waals surface area contributed by atoms with Crippen LogP contribution in [0.25, 0.3) is 0 Å². The van der Waals surface area contributed by atoms with Crippen molar-refractivity contribution in [2.75, 3.05) is 26.8 Å². The SMILES string of the molecule is COc1cc(CCNC[C@@H]2CCO[C@H]2c2ccnn2C)ccc1C. The average molecular weight is 329 g/mol. The molecule has 1 aliphatic rings. The number of nitrogens with one attached hydrogen (secondary N) is 1. The lowest BCUT2D eigenvalue weighted by atomic mass is 9.99. The van der Waals surface area contributed by atoms with E-state index in [4.69, 9.17) is 9.47 Å². The van der Waals surface area contributed by atoms with Crippen LogP contribution in [0, 0.1) is 12.8 Å². The van der Waals surface area contributed by atoms with Gasteiger partial charge in [-0.15, -0.1) is 0 Å². The number of ether oxygens (including phenoxy) is 2. The van der Waals surface area contributed by atoms with Gasteiger partial charge >= 0.3 is 0 Å². The summed E-state index contributed by atoms with van der Waals surface area (Å²) in [5.74, 6) is 1.47. The number of nitrogens with zero attached hydrogens (tertiary/aromatic N) is 2. The van der Waals surface area contributed by atoms with E-state index in [0.29, 0.717) is 5.92 Å². The lowest BCUT2D eigenvalue weighted by Gasteiger charge is -2.19. The van der Waals surface area contributed by atoms with Crippen LogP contribution < -0.4 is 10.1 Å². The number of benzene rings is 1. The topological polar surface area (TPSA) is 48.3 Å². The summed E-state index contributed by atoms with van der Waals surface area (Å²) in [6, 6.07) is 8.49. The summed E-state index contributed by atoms with van der Waals surface area (Å²) < 4.78 is 13.2. The molecule has 1 N–H and O–H groups in total. The molecule has 0 saturated carbocycles. The highest BCUT2D eigenvalue weighted by molar-refractivity contribution is 5.36. The number of methoxy groups -OCH3 is 1. The van der Waals surface area contributed by atoms with E-state index in [2.05, 4.69) is 41.6 Å². The zero-order valence-corrected chi connectivity index (χ0v) is 14.8. The predicted molar refractivity (Wildman–Crippen MR) is 94.3 cm³/mol. The van der Waals surface area contributed by atoms with E-state index in [-0.39, 0.29) is 6.10 Å². The average Bonchev–Trinajstić information content (AvgIpc) is 3.21. The molecule has 0 radical (unpaired) electrons. The van der Waals surface area contributed by atoms with Crippen LogP contribution in [-0.2, 0) is 18.2 Å². The third-order valence-electron chi connectivity index (χ3n) is 4.83. The van der Waals surface area contributed by atoms with Crippen molar-refractivity contribution in [3.05, 3.63) is 47.3 Å². The second-order valence-corrected chi connectivity index (χ2v) is 6.48. The van der Waals surface area contributed by atoms with Crippen molar-refractivity contribution in [1.82, 2.24) is 15.1 Å². The van der Waals surface area contributed by atoms with Crippen LogP contribution in [0.4, 0.5) is 0 Å². The molecule has 1 aromatic carbocycles. The third kappa shape index (κ3) is 3.79. The van der Waals surface area contributed by atoms with Crippen LogP contribution in [0.5, 0.6) is 5.75 Å². The van der Waals surface area contributed by atoms with Crippen molar-refractivity contribution in [2.24, 2.45) is 13.0 Å². The molecular weight excluding hydrogens is 302 g/mol. The van der Waals surface area contributed by atoms with Crippen LogP contribution in [-0.4, -0.2) is 36.6 Å². The molecule has 130 valence electrons. The Morgan fingerprint density at radius 2 is 2.25 bits per heavy atom. The molecule has 2 aromatic rings. The smallest absolute Gasteiger partial charge is 0.122 e. The van der Waals surface area contributed by atoms with E-state index in [1.54, 1.807) is 7.11 Å². The van der Waals surface area contributed by atoms with Crippen molar-refractivity contribution in [2.45, 2.75) is 25.9 Å². The van der Waals surface area contributed by atoms with Gasteiger partial charge in [-0.05, 0) is 49.6 Å². The molecule has 5 nitrogen and oxygen atoms in total. The lowest BCUT2D eigenvalue weighted by molar-refractivity contribution is 0.0839. The van der Waals surface area contributed by atoms with Gasteiger partial charge in [-0.2, -0.15) is 5.10 Å². The van der Waals surface area contributed by atoms with Crippen molar-refractivity contribution in [3.8, 4) is 5.75 Å². The Morgan fingerprint density at radius 1 is 1.38 bits per heavy atom. The van der Waals surface area contributed by atoms with E-state index in [1.807, 2.05) is 17.9 Å². The summed E-state index contributed by atoms with van der Waals surface area (Å²) in [6.07, 6.45) is 4.10. The fraction of sp³-hybridized carbons (Fsp3) is 0.526. The Balaban J connectivity index is 1.49. The first kappa shape index (κ1) is 17.0. The normalized spacial score (nSPS) is 20.5. The lowest BCUT2D eigenvalue weighted by Crippen LogP contribution is -2.27. The Bertz CT molecular complexity index is 668. The van der Waals surface area contributed by atoms with Gasteiger partial charge in [0.25, 0.3) is 0 Å². The van der Waals surface area contributed by atoms with E-state index >= 15 is 0 Å². The van der Waals surface area contributed by atoms with Crippen molar-refractivity contribution < 1.29 is 9.47 Å². The molecule has 2 heterocycles. The first-order valence-electron chi connectivity index (χ1n) is 8.62. The van der Waals surface area contributed by atoms with Crippen LogP contribution >= 0.6 is 0 Å². The molecule has 24 heavy (non-hydrogen) atoms. The summed E-state index contributed by atoms with van der Waals surface area (Å²) in [5.41, 5.74) is 3.65. The van der Waals surface area contributed by atoms with Crippen LogP contribution in [0.3, 0.4) is 0 Å². The highest BCUT2D eigenvalue weighted by atomic mass is 16.5. The standard InChI is InChI=1S/C19H27N3O2/c1-14-4-5-15(12-18(14)23-3)6-9-20-13-16-8-11-24-19(16)17-7-10-21-22(17)2/h4-5,7,10,12,16,19-20H,6,8-9,11,13H2,1-3H3/t16-,19+/m0/s1. The fourth-order valence-corrected chi connectivity index (χ4v) is 3.37. The minimum atomic E-state index is 0.157. The van der Waals surface area contributed by atoms with Crippen LogP contribution in [0.15, 0.2) is 30.5 Å². The molecule has 0 spiro atoms. The third-order valence-corrected chi connectivity index (χ3v) is 4.83. The highest BCUT2D eigenvalue weighted by Gasteiger charge is 2.31. The summed E-state index contributed by atoms with van der Waals surface area (Å²) in [5, 5.41) is 7.85. The maximum Gasteiger partial charge on any atom is 0.122 e. The molecule has 1 fully saturated rings. The van der Waals surface area contributed by atoms with Gasteiger partial charge in [-0.3, -0.25) is 4.68 Å². The Kier molecular flexibility index (Phi) is 5.53. The fourth-order valence-electron chi connectivity index (χ4n) is 3.37. The molecule has 0 unspecified atom stereocenters. The van der Waals surface area contributed by atoms with E-state index in [9.17, 15) is 0 Å². The summed E-state index contributed by atoms with van der Waals surface area (Å²) in [7, 11) is 3.70. The Morgan fingerprint density at radius 3 is 3.00 bits per heavy atom. The van der Waals surface area contributed by atoms with Gasteiger partial charge in [0.1, 0.15) is 11.9 Å². The second-order valence-electron chi connectivity index (χ2n) is 6.48. The molecule has 5 heteroatoms. The van der Waals surface area contributed by atoms with E-state index in [1.165, 1.54) is 16.8 Å². The zero-order valence-electron chi connectivity index (χ0n) is 14.8. The van der Waals surface area contributed by atoms with Gasteiger partial charge in [0.05, 0.1) is 12.8 Å². The molecule has 1 saturated heterocycles. The van der Waals surface area contributed by atoms with E-state index < -0.39 is 0 Å². The molecule has 0 amide bonds. The number of rotatable bonds is 7. The molecule has 0 aliphatic carbocycles. The molecule has 3 rings (SSSR count).